The van der Waals surface area contributed by atoms with E-state index in [-0.39, 0.29) is 0 Å². The van der Waals surface area contributed by atoms with Crippen molar-refractivity contribution in [3.63, 3.8) is 0 Å². The van der Waals surface area contributed by atoms with Crippen molar-refractivity contribution >= 4 is 11.6 Å². The molecule has 0 radical (unpaired) electrons. The predicted molar refractivity (Wildman–Crippen MR) is 48.2 cm³/mol. The Bertz CT molecular complexity index is 137. The van der Waals surface area contributed by atoms with Crippen LogP contribution in [-0.2, 0) is 0 Å². The molecular formula is C9H15Cl. The van der Waals surface area contributed by atoms with Crippen LogP contribution in [-0.4, -0.2) is 0 Å². The summed E-state index contributed by atoms with van der Waals surface area (Å²) in [7, 11) is 0. The highest BCUT2D eigenvalue weighted by Crippen LogP contribution is 2.20. The van der Waals surface area contributed by atoms with Gasteiger partial charge in [-0.15, -0.1) is 0 Å². The average Bonchev–Trinajstić information content (AvgIpc) is 1.81. The maximum absolute atomic E-state index is 5.71. The van der Waals surface area contributed by atoms with Gasteiger partial charge in [0.1, 0.15) is 0 Å². The second kappa shape index (κ2) is 3.82. The van der Waals surface area contributed by atoms with E-state index in [0.717, 1.165) is 11.5 Å². The van der Waals surface area contributed by atoms with Gasteiger partial charge in [-0.3, -0.25) is 0 Å². The average molecular weight is 159 g/mol. The molecule has 0 aliphatic rings. The third-order valence-corrected chi connectivity index (χ3v) is 1.41. The zero-order valence-corrected chi connectivity index (χ0v) is 7.70. The largest absolute Gasteiger partial charge is 0.0976 e. The number of halogens is 1. The fourth-order valence-electron chi connectivity index (χ4n) is 0.487. The minimum atomic E-state index is 0.323. The quantitative estimate of drug-likeness (QED) is 0.538. The molecule has 0 aliphatic heterocycles. The fourth-order valence-corrected chi connectivity index (χ4v) is 0.564. The molecule has 0 aromatic rings. The van der Waals surface area contributed by atoms with Gasteiger partial charge in [-0.2, -0.15) is 0 Å². The molecule has 0 aliphatic carbocycles. The summed E-state index contributed by atoms with van der Waals surface area (Å²) in [6.45, 7) is 10.1. The standard InChI is InChI=1S/C9H15Cl/c1-5-8(10)6-7-9(2,3)4/h5-6H,1,7H2,2-4H3. The van der Waals surface area contributed by atoms with Crippen LogP contribution < -0.4 is 0 Å². The molecule has 0 saturated carbocycles. The summed E-state index contributed by atoms with van der Waals surface area (Å²) in [5.74, 6) is 0. The van der Waals surface area contributed by atoms with Crippen molar-refractivity contribution in [3.05, 3.63) is 23.8 Å². The Hall–Kier alpha value is -0.230. The fraction of sp³-hybridized carbons (Fsp3) is 0.556. The van der Waals surface area contributed by atoms with Gasteiger partial charge >= 0.3 is 0 Å². The van der Waals surface area contributed by atoms with E-state index in [1.54, 1.807) is 6.08 Å². The van der Waals surface area contributed by atoms with Crippen molar-refractivity contribution in [2.75, 3.05) is 0 Å². The van der Waals surface area contributed by atoms with Gasteiger partial charge in [-0.05, 0) is 11.8 Å². The van der Waals surface area contributed by atoms with E-state index in [0.29, 0.717) is 5.41 Å². The van der Waals surface area contributed by atoms with Crippen molar-refractivity contribution < 1.29 is 0 Å². The summed E-state index contributed by atoms with van der Waals surface area (Å²) >= 11 is 5.71. The lowest BCUT2D eigenvalue weighted by atomic mass is 9.92. The topological polar surface area (TPSA) is 0 Å². The molecule has 0 rings (SSSR count). The van der Waals surface area contributed by atoms with E-state index >= 15 is 0 Å². The predicted octanol–water partition coefficient (Wildman–Crippen LogP) is 3.73. The minimum Gasteiger partial charge on any atom is -0.0976 e. The van der Waals surface area contributed by atoms with Crippen LogP contribution in [0.2, 0.25) is 0 Å². The van der Waals surface area contributed by atoms with Crippen LogP contribution in [0.25, 0.3) is 0 Å². The molecule has 0 bridgehead atoms. The first-order valence-corrected chi connectivity index (χ1v) is 3.81. The summed E-state index contributed by atoms with van der Waals surface area (Å²) in [6.07, 6.45) is 4.65. The third-order valence-electron chi connectivity index (χ3n) is 1.10. The second-order valence-electron chi connectivity index (χ2n) is 3.56. The molecule has 0 aromatic heterocycles. The summed E-state index contributed by atoms with van der Waals surface area (Å²) in [4.78, 5) is 0. The maximum Gasteiger partial charge on any atom is 0.0360 e. The molecule has 0 heterocycles. The van der Waals surface area contributed by atoms with Crippen LogP contribution in [0.3, 0.4) is 0 Å². The highest BCUT2D eigenvalue weighted by atomic mass is 35.5. The van der Waals surface area contributed by atoms with E-state index in [9.17, 15) is 0 Å². The van der Waals surface area contributed by atoms with E-state index in [2.05, 4.69) is 27.4 Å². The first-order valence-electron chi connectivity index (χ1n) is 3.44. The first-order chi connectivity index (χ1) is 4.45. The molecule has 0 fully saturated rings. The van der Waals surface area contributed by atoms with Crippen LogP contribution in [0, 0.1) is 5.41 Å². The first kappa shape index (κ1) is 9.77. The van der Waals surface area contributed by atoms with Gasteiger partial charge in [-0.25, -0.2) is 0 Å². The second-order valence-corrected chi connectivity index (χ2v) is 3.99. The molecule has 0 spiro atoms. The van der Waals surface area contributed by atoms with Crippen molar-refractivity contribution in [2.45, 2.75) is 27.2 Å². The molecule has 0 saturated heterocycles. The molecule has 0 N–H and O–H groups in total. The smallest absolute Gasteiger partial charge is 0.0360 e. The summed E-state index contributed by atoms with van der Waals surface area (Å²) in [5.41, 5.74) is 0.323. The Labute approximate surface area is 68.6 Å². The van der Waals surface area contributed by atoms with Gasteiger partial charge in [0.25, 0.3) is 0 Å². The van der Waals surface area contributed by atoms with Gasteiger partial charge in [-0.1, -0.05) is 51.1 Å². The molecule has 10 heavy (non-hydrogen) atoms. The SMILES string of the molecule is C=CC(Cl)=CCC(C)(C)C. The number of hydrogen-bond acceptors (Lipinski definition) is 0. The number of hydrogen-bond donors (Lipinski definition) is 0. The summed E-state index contributed by atoms with van der Waals surface area (Å²) in [6, 6.07) is 0. The van der Waals surface area contributed by atoms with Crippen LogP contribution in [0.1, 0.15) is 27.2 Å². The van der Waals surface area contributed by atoms with Gasteiger partial charge in [0.2, 0.25) is 0 Å². The van der Waals surface area contributed by atoms with Gasteiger partial charge in [0.05, 0.1) is 0 Å². The van der Waals surface area contributed by atoms with Crippen molar-refractivity contribution in [3.8, 4) is 0 Å². The highest BCUT2D eigenvalue weighted by molar-refractivity contribution is 6.31. The lowest BCUT2D eigenvalue weighted by Gasteiger charge is -2.14. The zero-order valence-electron chi connectivity index (χ0n) is 6.95. The van der Waals surface area contributed by atoms with Crippen LogP contribution in [0.5, 0.6) is 0 Å². The molecular weight excluding hydrogens is 144 g/mol. The molecule has 1 heteroatoms. The van der Waals surface area contributed by atoms with Gasteiger partial charge in [0, 0.05) is 5.03 Å². The highest BCUT2D eigenvalue weighted by Gasteiger charge is 2.06. The Balaban J connectivity index is 3.84. The number of allylic oxidation sites excluding steroid dienone is 3. The van der Waals surface area contributed by atoms with Crippen LogP contribution >= 0.6 is 11.6 Å². The van der Waals surface area contributed by atoms with Crippen molar-refractivity contribution in [2.24, 2.45) is 5.41 Å². The van der Waals surface area contributed by atoms with E-state index in [1.165, 1.54) is 0 Å². The van der Waals surface area contributed by atoms with Gasteiger partial charge in [0.15, 0.2) is 0 Å². The van der Waals surface area contributed by atoms with E-state index in [4.69, 9.17) is 11.6 Å². The van der Waals surface area contributed by atoms with Crippen LogP contribution in [0.15, 0.2) is 23.8 Å². The Morgan fingerprint density at radius 3 is 2.30 bits per heavy atom. The molecule has 0 amide bonds. The van der Waals surface area contributed by atoms with Gasteiger partial charge < -0.3 is 0 Å². The third kappa shape index (κ3) is 5.90. The summed E-state index contributed by atoms with van der Waals surface area (Å²) < 4.78 is 0. The van der Waals surface area contributed by atoms with E-state index in [1.807, 2.05) is 6.08 Å². The molecule has 0 nitrogen and oxygen atoms in total. The van der Waals surface area contributed by atoms with Crippen LogP contribution in [0.4, 0.5) is 0 Å². The monoisotopic (exact) mass is 158 g/mol. The molecule has 58 valence electrons. The van der Waals surface area contributed by atoms with E-state index < -0.39 is 0 Å². The zero-order chi connectivity index (χ0) is 8.20. The maximum atomic E-state index is 5.71. The normalized spacial score (nSPS) is 13.4. The lowest BCUT2D eigenvalue weighted by molar-refractivity contribution is 0.420. The Morgan fingerprint density at radius 1 is 1.50 bits per heavy atom. The Morgan fingerprint density at radius 2 is 2.00 bits per heavy atom. The summed E-state index contributed by atoms with van der Waals surface area (Å²) in [5, 5.41) is 0.745. The van der Waals surface area contributed by atoms with Crippen molar-refractivity contribution in [1.29, 1.82) is 0 Å². The molecule has 0 atom stereocenters. The number of rotatable bonds is 2. The molecule has 0 unspecified atom stereocenters. The minimum absolute atomic E-state index is 0.323. The Kier molecular flexibility index (Phi) is 3.73. The molecule has 0 aromatic carbocycles. The van der Waals surface area contributed by atoms with Crippen molar-refractivity contribution in [1.82, 2.24) is 0 Å². The lowest BCUT2D eigenvalue weighted by Crippen LogP contribution is -2.01.